The molecular formula is C18H40N2O4+2. The van der Waals surface area contributed by atoms with Crippen molar-refractivity contribution in [2.24, 2.45) is 0 Å². The van der Waals surface area contributed by atoms with Gasteiger partial charge in [-0.05, 0) is 41.5 Å². The quantitative estimate of drug-likeness (QED) is 0.522. The van der Waals surface area contributed by atoms with Crippen molar-refractivity contribution in [3.8, 4) is 0 Å². The molecule has 0 saturated heterocycles. The van der Waals surface area contributed by atoms with Crippen LogP contribution in [0.3, 0.4) is 0 Å². The minimum absolute atomic E-state index is 0.558. The summed E-state index contributed by atoms with van der Waals surface area (Å²) < 4.78 is 2.42. The average molecular weight is 349 g/mol. The molecular weight excluding hydrogens is 308 g/mol. The van der Waals surface area contributed by atoms with Crippen molar-refractivity contribution in [3.05, 3.63) is 12.2 Å². The molecule has 0 atom stereocenters. The fraction of sp³-hybridized carbons (Fsp3) is 0.778. The Morgan fingerprint density at radius 2 is 0.792 bits per heavy atom. The van der Waals surface area contributed by atoms with Gasteiger partial charge in [-0.3, -0.25) is 0 Å². The third-order valence-corrected chi connectivity index (χ3v) is 4.95. The Kier molecular flexibility index (Phi) is 17.3. The average Bonchev–Trinajstić information content (AvgIpc) is 2.59. The molecule has 0 aromatic rings. The summed E-state index contributed by atoms with van der Waals surface area (Å²) in [6.07, 6.45) is 1.12. The van der Waals surface area contributed by atoms with Gasteiger partial charge in [0.05, 0.1) is 53.4 Å². The molecule has 0 radical (unpaired) electrons. The normalized spacial score (nSPS) is 11.2. The number of carbonyl (C=O) groups is 2. The summed E-state index contributed by atoms with van der Waals surface area (Å²) in [6, 6.07) is 0. The Labute approximate surface area is 148 Å². The highest BCUT2D eigenvalue weighted by Gasteiger charge is 2.11. The van der Waals surface area contributed by atoms with Gasteiger partial charge in [-0.2, -0.15) is 0 Å². The summed E-state index contributed by atoms with van der Waals surface area (Å²) in [4.78, 5) is 19.1. The highest BCUT2D eigenvalue weighted by atomic mass is 16.4. The highest BCUT2D eigenvalue weighted by Crippen LogP contribution is 1.98. The molecule has 0 heterocycles. The lowest BCUT2D eigenvalue weighted by atomic mass is 10.4. The van der Waals surface area contributed by atoms with Gasteiger partial charge in [0.15, 0.2) is 0 Å². The van der Waals surface area contributed by atoms with Crippen LogP contribution in [0, 0.1) is 0 Å². The predicted molar refractivity (Wildman–Crippen MR) is 100 cm³/mol. The zero-order valence-electron chi connectivity index (χ0n) is 17.0. The van der Waals surface area contributed by atoms with Crippen molar-refractivity contribution in [1.29, 1.82) is 0 Å². The van der Waals surface area contributed by atoms with Crippen molar-refractivity contribution < 1.29 is 28.8 Å². The van der Waals surface area contributed by atoms with Crippen molar-refractivity contribution in [2.45, 2.75) is 41.5 Å². The zero-order valence-corrected chi connectivity index (χ0v) is 17.0. The van der Waals surface area contributed by atoms with E-state index in [0.29, 0.717) is 12.2 Å². The summed E-state index contributed by atoms with van der Waals surface area (Å²) in [7, 11) is 4.58. The minimum Gasteiger partial charge on any atom is -0.478 e. The summed E-state index contributed by atoms with van der Waals surface area (Å²) in [5.74, 6) is -2.51. The van der Waals surface area contributed by atoms with Crippen LogP contribution < -0.4 is 0 Å². The monoisotopic (exact) mass is 348 g/mol. The van der Waals surface area contributed by atoms with Gasteiger partial charge in [-0.15, -0.1) is 0 Å². The molecule has 2 N–H and O–H groups in total. The summed E-state index contributed by atoms with van der Waals surface area (Å²) in [6.45, 7) is 21.0. The summed E-state index contributed by atoms with van der Waals surface area (Å²) in [5, 5.41) is 15.6. The third kappa shape index (κ3) is 17.0. The zero-order chi connectivity index (χ0) is 19.8. The standard InChI is InChI=1S/2C7H18N.C4H4O4/c2*1-5-8(4,6-2)7-3;5-3(6)1-2-4(7)8/h2*5-7H2,1-4H3;1-2H,(H,5,6)(H,7,8)/q2*+1;/b;;2-1-. The van der Waals surface area contributed by atoms with E-state index in [1.54, 1.807) is 0 Å². The predicted octanol–water partition coefficient (Wildman–Crippen LogP) is 2.70. The van der Waals surface area contributed by atoms with Crippen LogP contribution in [0.1, 0.15) is 41.5 Å². The summed E-state index contributed by atoms with van der Waals surface area (Å²) >= 11 is 0. The molecule has 24 heavy (non-hydrogen) atoms. The molecule has 0 bridgehead atoms. The maximum atomic E-state index is 9.55. The number of hydrogen-bond donors (Lipinski definition) is 2. The molecule has 0 amide bonds. The molecule has 6 heteroatoms. The van der Waals surface area contributed by atoms with Gasteiger partial charge in [0.25, 0.3) is 0 Å². The number of quaternary nitrogens is 2. The van der Waals surface area contributed by atoms with Crippen molar-refractivity contribution in [2.75, 3.05) is 53.4 Å². The van der Waals surface area contributed by atoms with Crippen molar-refractivity contribution >= 4 is 11.9 Å². The lowest BCUT2D eigenvalue weighted by molar-refractivity contribution is -0.904. The summed E-state index contributed by atoms with van der Waals surface area (Å²) in [5.41, 5.74) is 0. The van der Waals surface area contributed by atoms with E-state index in [2.05, 4.69) is 55.6 Å². The van der Waals surface area contributed by atoms with E-state index in [0.717, 1.165) is 0 Å². The highest BCUT2D eigenvalue weighted by molar-refractivity contribution is 5.89. The largest absolute Gasteiger partial charge is 0.478 e. The van der Waals surface area contributed by atoms with Crippen LogP contribution in [0.4, 0.5) is 0 Å². The molecule has 0 rings (SSSR count). The van der Waals surface area contributed by atoms with Crippen LogP contribution >= 0.6 is 0 Å². The van der Waals surface area contributed by atoms with Gasteiger partial charge in [0, 0.05) is 12.2 Å². The van der Waals surface area contributed by atoms with E-state index in [4.69, 9.17) is 10.2 Å². The molecule has 6 nitrogen and oxygen atoms in total. The third-order valence-electron chi connectivity index (χ3n) is 4.95. The Balaban J connectivity index is -0.000000276. The molecule has 0 aliphatic rings. The van der Waals surface area contributed by atoms with E-state index in [9.17, 15) is 9.59 Å². The molecule has 144 valence electrons. The van der Waals surface area contributed by atoms with Gasteiger partial charge in [0.2, 0.25) is 0 Å². The number of carboxylic acid groups (broad SMARTS) is 2. The van der Waals surface area contributed by atoms with Crippen LogP contribution in [0.5, 0.6) is 0 Å². The second-order valence-electron chi connectivity index (χ2n) is 6.15. The smallest absolute Gasteiger partial charge is 0.328 e. The van der Waals surface area contributed by atoms with Crippen LogP contribution in [0.25, 0.3) is 0 Å². The fourth-order valence-electron chi connectivity index (χ4n) is 1.48. The maximum Gasteiger partial charge on any atom is 0.328 e. The number of nitrogens with zero attached hydrogens (tertiary/aromatic N) is 2. The SMILES string of the molecule is CC[N+](C)(CC)CC.CC[N+](C)(CC)CC.O=C(O)/C=C\C(=O)O. The van der Waals surface area contributed by atoms with Gasteiger partial charge < -0.3 is 19.2 Å². The molecule has 0 saturated carbocycles. The van der Waals surface area contributed by atoms with Crippen LogP contribution in [-0.2, 0) is 9.59 Å². The number of aliphatic carboxylic acids is 2. The molecule has 0 spiro atoms. The van der Waals surface area contributed by atoms with E-state index in [-0.39, 0.29) is 0 Å². The van der Waals surface area contributed by atoms with Crippen LogP contribution in [-0.4, -0.2) is 84.5 Å². The van der Waals surface area contributed by atoms with E-state index in [1.807, 2.05) is 0 Å². The van der Waals surface area contributed by atoms with Crippen molar-refractivity contribution in [3.63, 3.8) is 0 Å². The number of rotatable bonds is 8. The Bertz CT molecular complexity index is 310. The van der Waals surface area contributed by atoms with Crippen molar-refractivity contribution in [1.82, 2.24) is 0 Å². The second-order valence-corrected chi connectivity index (χ2v) is 6.15. The molecule has 0 unspecified atom stereocenters. The molecule has 0 aliphatic carbocycles. The van der Waals surface area contributed by atoms with Gasteiger partial charge >= 0.3 is 11.9 Å². The maximum absolute atomic E-state index is 9.55. The molecule has 0 aromatic carbocycles. The first-order valence-electron chi connectivity index (χ1n) is 8.80. The Morgan fingerprint density at radius 1 is 0.625 bits per heavy atom. The van der Waals surface area contributed by atoms with E-state index >= 15 is 0 Å². The Morgan fingerprint density at radius 3 is 0.833 bits per heavy atom. The van der Waals surface area contributed by atoms with E-state index in [1.165, 1.54) is 48.2 Å². The fourth-order valence-corrected chi connectivity index (χ4v) is 1.48. The lowest BCUT2D eigenvalue weighted by Crippen LogP contribution is -2.42. The first-order valence-corrected chi connectivity index (χ1v) is 8.80. The number of carboxylic acids is 2. The van der Waals surface area contributed by atoms with Gasteiger partial charge in [0.1, 0.15) is 0 Å². The molecule has 0 fully saturated rings. The first-order chi connectivity index (χ1) is 11.0. The molecule has 0 aliphatic heterocycles. The minimum atomic E-state index is -1.26. The van der Waals surface area contributed by atoms with Gasteiger partial charge in [-0.25, -0.2) is 9.59 Å². The Hall–Kier alpha value is -1.40. The first kappa shape index (κ1) is 27.4. The van der Waals surface area contributed by atoms with Gasteiger partial charge in [-0.1, -0.05) is 0 Å². The number of hydrogen-bond acceptors (Lipinski definition) is 2. The lowest BCUT2D eigenvalue weighted by Gasteiger charge is -2.30. The van der Waals surface area contributed by atoms with Crippen LogP contribution in [0.15, 0.2) is 12.2 Å². The van der Waals surface area contributed by atoms with Crippen LogP contribution in [0.2, 0.25) is 0 Å². The van der Waals surface area contributed by atoms with E-state index < -0.39 is 11.9 Å². The second kappa shape index (κ2) is 15.1. The topological polar surface area (TPSA) is 74.6 Å². The molecule has 0 aromatic heterocycles.